The Hall–Kier alpha value is -3.00. The Labute approximate surface area is 166 Å². The van der Waals surface area contributed by atoms with Crippen LogP contribution in [0.3, 0.4) is 0 Å². The first-order valence-corrected chi connectivity index (χ1v) is 8.89. The quantitative estimate of drug-likeness (QED) is 0.564. The Morgan fingerprint density at radius 2 is 1.82 bits per heavy atom. The number of ether oxygens (including phenoxy) is 2. The number of allylic oxidation sites excluding steroid dienone is 1. The first kappa shape index (κ1) is 19.8. The van der Waals surface area contributed by atoms with Gasteiger partial charge in [-0.25, -0.2) is 4.79 Å². The number of rotatable bonds is 6. The number of halogens is 2. The van der Waals surface area contributed by atoms with E-state index in [9.17, 15) is 13.6 Å². The molecule has 5 nitrogen and oxygen atoms in total. The van der Waals surface area contributed by atoms with Crippen molar-refractivity contribution in [3.05, 3.63) is 77.0 Å². The van der Waals surface area contributed by atoms with Crippen molar-refractivity contribution in [2.24, 2.45) is 0 Å². The molecule has 1 atom stereocenters. The lowest BCUT2D eigenvalue weighted by atomic mass is 9.95. The molecule has 3 rings (SSSR count). The summed E-state index contributed by atoms with van der Waals surface area (Å²) in [6.45, 7) is -1.23. The van der Waals surface area contributed by atoms with Crippen molar-refractivity contribution < 1.29 is 23.0 Å². The largest absolute Gasteiger partial charge is 0.457 e. The van der Waals surface area contributed by atoms with Gasteiger partial charge in [-0.2, -0.15) is 8.78 Å². The number of carbonyl (C=O) groups is 1. The SMILES string of the molecule is CC1=C(C(=O)OCc2ccccc2)C(c2ccccc2OC(F)F)NC(=S)N1. The number of hydrogen-bond acceptors (Lipinski definition) is 4. The van der Waals surface area contributed by atoms with E-state index in [1.54, 1.807) is 25.1 Å². The fraction of sp³-hybridized carbons (Fsp3) is 0.200. The van der Waals surface area contributed by atoms with Crippen molar-refractivity contribution in [3.63, 3.8) is 0 Å². The highest BCUT2D eigenvalue weighted by Crippen LogP contribution is 2.34. The second-order valence-corrected chi connectivity index (χ2v) is 6.46. The van der Waals surface area contributed by atoms with Gasteiger partial charge in [0.15, 0.2) is 5.11 Å². The Bertz CT molecular complexity index is 903. The first-order chi connectivity index (χ1) is 13.5. The summed E-state index contributed by atoms with van der Waals surface area (Å²) < 4.78 is 35.7. The van der Waals surface area contributed by atoms with Crippen molar-refractivity contribution in [2.75, 3.05) is 0 Å². The topological polar surface area (TPSA) is 59.6 Å². The van der Waals surface area contributed by atoms with Gasteiger partial charge in [0.1, 0.15) is 12.4 Å². The van der Waals surface area contributed by atoms with E-state index in [1.807, 2.05) is 30.3 Å². The lowest BCUT2D eigenvalue weighted by molar-refractivity contribution is -0.140. The van der Waals surface area contributed by atoms with Gasteiger partial charge in [-0.15, -0.1) is 0 Å². The van der Waals surface area contributed by atoms with E-state index < -0.39 is 18.6 Å². The number of esters is 1. The molecule has 0 amide bonds. The molecule has 8 heteroatoms. The van der Waals surface area contributed by atoms with Crippen LogP contribution in [-0.4, -0.2) is 17.7 Å². The van der Waals surface area contributed by atoms with Crippen LogP contribution in [0.15, 0.2) is 65.9 Å². The van der Waals surface area contributed by atoms with Gasteiger partial charge in [-0.1, -0.05) is 48.5 Å². The second-order valence-electron chi connectivity index (χ2n) is 6.05. The van der Waals surface area contributed by atoms with E-state index in [0.717, 1.165) is 5.56 Å². The summed E-state index contributed by atoms with van der Waals surface area (Å²) in [4.78, 5) is 12.8. The number of carbonyl (C=O) groups excluding carboxylic acids is 1. The third-order valence-electron chi connectivity index (χ3n) is 4.15. The molecule has 1 aliphatic heterocycles. The summed E-state index contributed by atoms with van der Waals surface area (Å²) in [6, 6.07) is 14.7. The van der Waals surface area contributed by atoms with Crippen LogP contribution < -0.4 is 15.4 Å². The second kappa shape index (κ2) is 8.79. The van der Waals surface area contributed by atoms with Crippen LogP contribution in [0.4, 0.5) is 8.78 Å². The van der Waals surface area contributed by atoms with Gasteiger partial charge in [0.25, 0.3) is 0 Å². The molecule has 0 aliphatic carbocycles. The van der Waals surface area contributed by atoms with Gasteiger partial charge in [0.05, 0.1) is 11.6 Å². The van der Waals surface area contributed by atoms with E-state index in [4.69, 9.17) is 17.0 Å². The zero-order valence-electron chi connectivity index (χ0n) is 14.9. The number of alkyl halides is 2. The van der Waals surface area contributed by atoms with Gasteiger partial charge in [0, 0.05) is 11.3 Å². The third-order valence-corrected chi connectivity index (χ3v) is 4.37. The first-order valence-electron chi connectivity index (χ1n) is 8.48. The average molecular weight is 404 g/mol. The molecule has 2 aromatic rings. The molecule has 0 saturated heterocycles. The number of thiocarbonyl (C=S) groups is 1. The van der Waals surface area contributed by atoms with Crippen LogP contribution in [0.5, 0.6) is 5.75 Å². The third kappa shape index (κ3) is 4.64. The number of para-hydroxylation sites is 1. The van der Waals surface area contributed by atoms with Gasteiger partial charge in [-0.3, -0.25) is 0 Å². The maximum atomic E-state index is 12.8. The Morgan fingerprint density at radius 1 is 1.14 bits per heavy atom. The molecular formula is C20H18F2N2O3S. The molecule has 1 aliphatic rings. The van der Waals surface area contributed by atoms with E-state index in [-0.39, 0.29) is 23.0 Å². The smallest absolute Gasteiger partial charge is 0.387 e. The number of benzene rings is 2. The maximum absolute atomic E-state index is 12.8. The standard InChI is InChI=1S/C20H18F2N2O3S/c1-12-16(18(25)26-11-13-7-3-2-4-8-13)17(24-20(28)23-12)14-9-5-6-10-15(14)27-19(21)22/h2-10,17,19H,11H2,1H3,(H2,23,24,28). The minimum Gasteiger partial charge on any atom is -0.457 e. The number of hydrogen-bond donors (Lipinski definition) is 2. The van der Waals surface area contributed by atoms with E-state index in [0.29, 0.717) is 11.3 Å². The molecule has 28 heavy (non-hydrogen) atoms. The Kier molecular flexibility index (Phi) is 6.20. The number of nitrogens with one attached hydrogen (secondary N) is 2. The zero-order valence-corrected chi connectivity index (χ0v) is 15.8. The summed E-state index contributed by atoms with van der Waals surface area (Å²) in [5.74, 6) is -0.624. The van der Waals surface area contributed by atoms with Crippen LogP contribution >= 0.6 is 12.2 Å². The molecule has 1 heterocycles. The lowest BCUT2D eigenvalue weighted by Gasteiger charge is -2.30. The monoisotopic (exact) mass is 404 g/mol. The minimum atomic E-state index is -2.99. The van der Waals surface area contributed by atoms with E-state index >= 15 is 0 Å². The highest BCUT2D eigenvalue weighted by molar-refractivity contribution is 7.80. The molecule has 0 aromatic heterocycles. The highest BCUT2D eigenvalue weighted by Gasteiger charge is 2.33. The summed E-state index contributed by atoms with van der Waals surface area (Å²) in [5, 5.41) is 6.09. The fourth-order valence-electron chi connectivity index (χ4n) is 2.92. The van der Waals surface area contributed by atoms with Crippen LogP contribution in [0.25, 0.3) is 0 Å². The molecular weight excluding hydrogens is 386 g/mol. The molecule has 2 N–H and O–H groups in total. The normalized spacial score (nSPS) is 16.4. The average Bonchev–Trinajstić information content (AvgIpc) is 2.66. The van der Waals surface area contributed by atoms with Crippen LogP contribution in [0.2, 0.25) is 0 Å². The van der Waals surface area contributed by atoms with E-state index in [1.165, 1.54) is 6.07 Å². The van der Waals surface area contributed by atoms with Crippen molar-refractivity contribution in [3.8, 4) is 5.75 Å². The van der Waals surface area contributed by atoms with Crippen molar-refractivity contribution >= 4 is 23.3 Å². The van der Waals surface area contributed by atoms with Crippen molar-refractivity contribution in [1.29, 1.82) is 0 Å². The summed E-state index contributed by atoms with van der Waals surface area (Å²) >= 11 is 5.17. The minimum absolute atomic E-state index is 0.0409. The predicted molar refractivity (Wildman–Crippen MR) is 104 cm³/mol. The molecule has 1 unspecified atom stereocenters. The van der Waals surface area contributed by atoms with Gasteiger partial charge < -0.3 is 20.1 Å². The maximum Gasteiger partial charge on any atom is 0.387 e. The van der Waals surface area contributed by atoms with Crippen LogP contribution in [0.1, 0.15) is 24.1 Å². The zero-order chi connectivity index (χ0) is 20.1. The van der Waals surface area contributed by atoms with E-state index in [2.05, 4.69) is 15.4 Å². The molecule has 0 bridgehead atoms. The van der Waals surface area contributed by atoms with Gasteiger partial charge >= 0.3 is 12.6 Å². The lowest BCUT2D eigenvalue weighted by Crippen LogP contribution is -2.45. The fourth-order valence-corrected chi connectivity index (χ4v) is 3.19. The summed E-state index contributed by atoms with van der Waals surface area (Å²) in [6.07, 6.45) is 0. The molecule has 0 fully saturated rings. The highest BCUT2D eigenvalue weighted by atomic mass is 32.1. The predicted octanol–water partition coefficient (Wildman–Crippen LogP) is 3.82. The van der Waals surface area contributed by atoms with Gasteiger partial charge in [0.2, 0.25) is 0 Å². The van der Waals surface area contributed by atoms with Crippen LogP contribution in [0, 0.1) is 0 Å². The van der Waals surface area contributed by atoms with Gasteiger partial charge in [-0.05, 0) is 30.8 Å². The van der Waals surface area contributed by atoms with Crippen molar-refractivity contribution in [1.82, 2.24) is 10.6 Å². The summed E-state index contributed by atoms with van der Waals surface area (Å²) in [7, 11) is 0. The molecule has 0 radical (unpaired) electrons. The Morgan fingerprint density at radius 3 is 2.54 bits per heavy atom. The molecule has 0 spiro atoms. The molecule has 146 valence electrons. The molecule has 2 aromatic carbocycles. The van der Waals surface area contributed by atoms with Crippen LogP contribution in [-0.2, 0) is 16.1 Å². The summed E-state index contributed by atoms with van der Waals surface area (Å²) in [5.41, 5.74) is 1.92. The Balaban J connectivity index is 1.90. The van der Waals surface area contributed by atoms with Crippen molar-refractivity contribution in [2.45, 2.75) is 26.2 Å². The molecule has 0 saturated carbocycles.